The van der Waals surface area contributed by atoms with E-state index in [1.165, 1.54) is 13.1 Å². The molecule has 0 aromatic heterocycles. The number of rotatable bonds is 9. The molecular weight excluding hydrogens is 370 g/mol. The quantitative estimate of drug-likeness (QED) is 0.294. The number of nitriles is 1. The highest BCUT2D eigenvalue weighted by Crippen LogP contribution is 2.27. The van der Waals surface area contributed by atoms with Crippen molar-refractivity contribution in [1.82, 2.24) is 5.32 Å². The van der Waals surface area contributed by atoms with Crippen LogP contribution in [0.3, 0.4) is 0 Å². The summed E-state index contributed by atoms with van der Waals surface area (Å²) in [7, 11) is 3.16. The Bertz CT molecular complexity index is 944. The van der Waals surface area contributed by atoms with Crippen molar-refractivity contribution in [1.29, 1.82) is 5.26 Å². The van der Waals surface area contributed by atoms with E-state index in [2.05, 4.69) is 10.6 Å². The summed E-state index contributed by atoms with van der Waals surface area (Å²) in [6.45, 7) is 2.00. The fraction of sp³-hybridized carbons (Fsp3) is 0.227. The molecule has 0 atom stereocenters. The van der Waals surface area contributed by atoms with Crippen LogP contribution in [0.1, 0.15) is 22.8 Å². The van der Waals surface area contributed by atoms with Gasteiger partial charge in [0.15, 0.2) is 17.3 Å². The van der Waals surface area contributed by atoms with Gasteiger partial charge in [0.25, 0.3) is 5.91 Å². The van der Waals surface area contributed by atoms with Gasteiger partial charge in [0.2, 0.25) is 0 Å². The van der Waals surface area contributed by atoms with Gasteiger partial charge in [-0.15, -0.1) is 0 Å². The van der Waals surface area contributed by atoms with E-state index in [4.69, 9.17) is 9.47 Å². The van der Waals surface area contributed by atoms with Gasteiger partial charge in [0.05, 0.1) is 14.2 Å². The molecule has 0 saturated heterocycles. The smallest absolute Gasteiger partial charge is 0.267 e. The minimum Gasteiger partial charge on any atom is -0.493 e. The molecule has 150 valence electrons. The molecule has 7 heteroatoms. The van der Waals surface area contributed by atoms with Gasteiger partial charge < -0.3 is 20.1 Å². The highest BCUT2D eigenvalue weighted by atomic mass is 16.5. The minimum atomic E-state index is -0.526. The molecule has 0 radical (unpaired) electrons. The fourth-order valence-corrected chi connectivity index (χ4v) is 2.56. The maximum Gasteiger partial charge on any atom is 0.267 e. The summed E-state index contributed by atoms with van der Waals surface area (Å²) < 4.78 is 10.5. The number of amides is 1. The summed E-state index contributed by atoms with van der Waals surface area (Å²) >= 11 is 0. The SMILES string of the molecule is COc1ccc(CCN/C=C(/C#N)C(=O)Nc2ccc(C(C)=O)cc2)cc1OC. The Balaban J connectivity index is 1.91. The molecule has 0 aliphatic heterocycles. The number of ketones is 1. The molecule has 0 fully saturated rings. The van der Waals surface area contributed by atoms with E-state index >= 15 is 0 Å². The first-order valence-electron chi connectivity index (χ1n) is 8.95. The van der Waals surface area contributed by atoms with E-state index < -0.39 is 5.91 Å². The molecule has 0 heterocycles. The molecule has 0 aliphatic carbocycles. The molecule has 2 aromatic rings. The number of ether oxygens (including phenoxy) is 2. The second-order valence-electron chi connectivity index (χ2n) is 6.15. The minimum absolute atomic E-state index is 0.0482. The zero-order chi connectivity index (χ0) is 21.2. The van der Waals surface area contributed by atoms with Gasteiger partial charge in [-0.3, -0.25) is 9.59 Å². The monoisotopic (exact) mass is 393 g/mol. The van der Waals surface area contributed by atoms with Crippen molar-refractivity contribution < 1.29 is 19.1 Å². The lowest BCUT2D eigenvalue weighted by Gasteiger charge is -2.09. The van der Waals surface area contributed by atoms with Crippen LogP contribution in [0.5, 0.6) is 11.5 Å². The molecule has 0 bridgehead atoms. The van der Waals surface area contributed by atoms with Crippen LogP contribution < -0.4 is 20.1 Å². The summed E-state index contributed by atoms with van der Waals surface area (Å²) in [6.07, 6.45) is 2.06. The van der Waals surface area contributed by atoms with Gasteiger partial charge >= 0.3 is 0 Å². The van der Waals surface area contributed by atoms with Crippen molar-refractivity contribution in [2.24, 2.45) is 0 Å². The number of carbonyl (C=O) groups excluding carboxylic acids is 2. The van der Waals surface area contributed by atoms with E-state index in [1.54, 1.807) is 38.5 Å². The Labute approximate surface area is 169 Å². The topological polar surface area (TPSA) is 100 Å². The standard InChI is InChI=1S/C22H23N3O4/c1-15(26)17-5-7-19(8-6-17)25-22(27)18(13-23)14-24-11-10-16-4-9-20(28-2)21(12-16)29-3/h4-9,12,14,24H,10-11H2,1-3H3,(H,25,27)/b18-14-. The van der Waals surface area contributed by atoms with Gasteiger partial charge in [0, 0.05) is 24.0 Å². The van der Waals surface area contributed by atoms with E-state index in [9.17, 15) is 14.9 Å². The second kappa shape index (κ2) is 10.5. The van der Waals surface area contributed by atoms with E-state index in [1.807, 2.05) is 24.3 Å². The van der Waals surface area contributed by atoms with Crippen LogP contribution in [0.15, 0.2) is 54.2 Å². The number of carbonyl (C=O) groups is 2. The average Bonchev–Trinajstić information content (AvgIpc) is 2.73. The van der Waals surface area contributed by atoms with Gasteiger partial charge in [-0.05, 0) is 55.3 Å². The summed E-state index contributed by atoms with van der Waals surface area (Å²) in [5.41, 5.74) is 2.03. The average molecular weight is 393 g/mol. The summed E-state index contributed by atoms with van der Waals surface area (Å²) in [4.78, 5) is 23.5. The van der Waals surface area contributed by atoms with E-state index in [0.717, 1.165) is 5.56 Å². The van der Waals surface area contributed by atoms with Crippen LogP contribution in [0, 0.1) is 11.3 Å². The number of nitrogens with one attached hydrogen (secondary N) is 2. The maximum atomic E-state index is 12.2. The van der Waals surface area contributed by atoms with Gasteiger partial charge in [-0.25, -0.2) is 0 Å². The third-order valence-corrected chi connectivity index (χ3v) is 4.17. The lowest BCUT2D eigenvalue weighted by Crippen LogP contribution is -2.18. The van der Waals surface area contributed by atoms with Crippen molar-refractivity contribution >= 4 is 17.4 Å². The molecular formula is C22H23N3O4. The molecule has 29 heavy (non-hydrogen) atoms. The Morgan fingerprint density at radius 2 is 1.76 bits per heavy atom. The zero-order valence-corrected chi connectivity index (χ0v) is 16.6. The van der Waals surface area contributed by atoms with Gasteiger partial charge in [0.1, 0.15) is 11.6 Å². The maximum absolute atomic E-state index is 12.2. The van der Waals surface area contributed by atoms with Crippen molar-refractivity contribution in [3.05, 3.63) is 65.4 Å². The zero-order valence-electron chi connectivity index (χ0n) is 16.6. The van der Waals surface area contributed by atoms with Crippen LogP contribution in [0.2, 0.25) is 0 Å². The van der Waals surface area contributed by atoms with Crippen molar-refractivity contribution in [3.63, 3.8) is 0 Å². The van der Waals surface area contributed by atoms with Gasteiger partial charge in [-0.1, -0.05) is 6.07 Å². The molecule has 0 spiro atoms. The first-order chi connectivity index (χ1) is 14.0. The summed E-state index contributed by atoms with van der Waals surface area (Å²) in [5, 5.41) is 14.9. The third kappa shape index (κ3) is 6.11. The predicted molar refractivity (Wildman–Crippen MR) is 110 cm³/mol. The summed E-state index contributed by atoms with van der Waals surface area (Å²) in [5.74, 6) is 0.721. The van der Waals surface area contributed by atoms with E-state index in [0.29, 0.717) is 35.7 Å². The van der Waals surface area contributed by atoms with Crippen LogP contribution in [-0.4, -0.2) is 32.5 Å². The van der Waals surface area contributed by atoms with Crippen molar-refractivity contribution in [2.75, 3.05) is 26.1 Å². The van der Waals surface area contributed by atoms with Crippen molar-refractivity contribution in [3.8, 4) is 17.6 Å². The van der Waals surface area contributed by atoms with Crippen molar-refractivity contribution in [2.45, 2.75) is 13.3 Å². The molecule has 7 nitrogen and oxygen atoms in total. The van der Waals surface area contributed by atoms with E-state index in [-0.39, 0.29) is 11.4 Å². The Morgan fingerprint density at radius 3 is 2.34 bits per heavy atom. The number of anilines is 1. The summed E-state index contributed by atoms with van der Waals surface area (Å²) in [6, 6.07) is 14.0. The highest BCUT2D eigenvalue weighted by molar-refractivity contribution is 6.06. The number of hydrogen-bond acceptors (Lipinski definition) is 6. The number of methoxy groups -OCH3 is 2. The highest BCUT2D eigenvalue weighted by Gasteiger charge is 2.10. The Hall–Kier alpha value is -3.79. The lowest BCUT2D eigenvalue weighted by molar-refractivity contribution is -0.112. The predicted octanol–water partition coefficient (Wildman–Crippen LogP) is 3.08. The first-order valence-corrected chi connectivity index (χ1v) is 8.95. The fourth-order valence-electron chi connectivity index (χ4n) is 2.56. The third-order valence-electron chi connectivity index (χ3n) is 4.17. The number of nitrogens with zero attached hydrogens (tertiary/aromatic N) is 1. The largest absolute Gasteiger partial charge is 0.493 e. The second-order valence-corrected chi connectivity index (χ2v) is 6.15. The number of benzene rings is 2. The molecule has 1 amide bonds. The number of Topliss-reactive ketones (excluding diaryl/α,β-unsaturated/α-hetero) is 1. The molecule has 2 rings (SSSR count). The van der Waals surface area contributed by atoms with Crippen LogP contribution >= 0.6 is 0 Å². The number of hydrogen-bond donors (Lipinski definition) is 2. The lowest BCUT2D eigenvalue weighted by atomic mass is 10.1. The van der Waals surface area contributed by atoms with Gasteiger partial charge in [-0.2, -0.15) is 5.26 Å². The Morgan fingerprint density at radius 1 is 1.07 bits per heavy atom. The van der Waals surface area contributed by atoms with Crippen LogP contribution in [0.25, 0.3) is 0 Å². The molecule has 2 aromatic carbocycles. The Kier molecular flexibility index (Phi) is 7.80. The molecule has 0 aliphatic rings. The molecule has 0 saturated carbocycles. The first kappa shape index (κ1) is 21.5. The molecule has 2 N–H and O–H groups in total. The van der Waals surface area contributed by atoms with Crippen LogP contribution in [0.4, 0.5) is 5.69 Å². The normalized spacial score (nSPS) is 10.6. The molecule has 0 unspecified atom stereocenters. The van der Waals surface area contributed by atoms with Crippen LogP contribution in [-0.2, 0) is 11.2 Å².